The number of hydrogen-bond donors (Lipinski definition) is 0. The zero-order valence-electron chi connectivity index (χ0n) is 17.9. The number of benzene rings is 2. The Morgan fingerprint density at radius 1 is 1.10 bits per heavy atom. The van der Waals surface area contributed by atoms with Gasteiger partial charge in [0.25, 0.3) is 0 Å². The number of hydrogen-bond acceptors (Lipinski definition) is 4. The molecule has 160 valence electrons. The predicted octanol–water partition coefficient (Wildman–Crippen LogP) is 2.80. The van der Waals surface area contributed by atoms with E-state index in [9.17, 15) is 13.2 Å². The van der Waals surface area contributed by atoms with Crippen LogP contribution >= 0.6 is 0 Å². The Hall–Kier alpha value is -2.71. The minimum absolute atomic E-state index is 0.0734. The first-order valence-corrected chi connectivity index (χ1v) is 11.4. The molecule has 3 aromatic rings. The fourth-order valence-corrected chi connectivity index (χ4v) is 4.30. The maximum atomic E-state index is 12.7. The summed E-state index contributed by atoms with van der Waals surface area (Å²) in [5, 5.41) is 0. The summed E-state index contributed by atoms with van der Waals surface area (Å²) in [6.07, 6.45) is 0.839. The van der Waals surface area contributed by atoms with Crippen molar-refractivity contribution in [3.05, 3.63) is 59.9 Å². The van der Waals surface area contributed by atoms with Crippen molar-refractivity contribution in [3.8, 4) is 0 Å². The fraction of sp³-hybridized carbons (Fsp3) is 0.364. The van der Waals surface area contributed by atoms with Gasteiger partial charge in [0.05, 0.1) is 15.9 Å². The number of sulfonamides is 1. The number of fused-ring (bicyclic) bond motifs is 1. The lowest BCUT2D eigenvalue weighted by molar-refractivity contribution is -0.131. The van der Waals surface area contributed by atoms with Crippen LogP contribution in [0.15, 0.2) is 53.4 Å². The Balaban J connectivity index is 1.75. The number of carbonyl (C=O) groups excluding carboxylic acids is 1. The van der Waals surface area contributed by atoms with E-state index in [0.29, 0.717) is 31.4 Å². The van der Waals surface area contributed by atoms with Gasteiger partial charge in [0, 0.05) is 47.1 Å². The monoisotopic (exact) mass is 428 g/mol. The van der Waals surface area contributed by atoms with E-state index in [1.807, 2.05) is 53.8 Å². The van der Waals surface area contributed by atoms with Crippen molar-refractivity contribution in [3.63, 3.8) is 0 Å². The second-order valence-corrected chi connectivity index (χ2v) is 9.57. The van der Waals surface area contributed by atoms with Crippen LogP contribution in [-0.4, -0.2) is 53.7 Å². The van der Waals surface area contributed by atoms with E-state index >= 15 is 0 Å². The van der Waals surface area contributed by atoms with Crippen LogP contribution in [0.5, 0.6) is 0 Å². The molecule has 3 rings (SSSR count). The van der Waals surface area contributed by atoms with Crippen molar-refractivity contribution in [1.82, 2.24) is 18.8 Å². The Bertz CT molecular complexity index is 1140. The number of imidazole rings is 1. The predicted molar refractivity (Wildman–Crippen MR) is 117 cm³/mol. The molecule has 1 aromatic heterocycles. The zero-order chi connectivity index (χ0) is 21.9. The molecule has 0 unspecified atom stereocenters. The number of aryl methyl sites for hydroxylation is 2. The van der Waals surface area contributed by atoms with Crippen molar-refractivity contribution in [2.24, 2.45) is 7.05 Å². The third-order valence-corrected chi connectivity index (χ3v) is 7.05. The molecular weight excluding hydrogens is 400 g/mol. The van der Waals surface area contributed by atoms with Crippen LogP contribution in [0.4, 0.5) is 0 Å². The van der Waals surface area contributed by atoms with Gasteiger partial charge in [0.15, 0.2) is 0 Å². The highest BCUT2D eigenvalue weighted by molar-refractivity contribution is 7.89. The van der Waals surface area contributed by atoms with Gasteiger partial charge in [-0.1, -0.05) is 30.3 Å². The molecular formula is C22H28N4O3S. The molecule has 30 heavy (non-hydrogen) atoms. The highest BCUT2D eigenvalue weighted by Crippen LogP contribution is 2.22. The lowest BCUT2D eigenvalue weighted by Crippen LogP contribution is -2.30. The van der Waals surface area contributed by atoms with Gasteiger partial charge >= 0.3 is 0 Å². The first-order chi connectivity index (χ1) is 14.2. The van der Waals surface area contributed by atoms with Crippen molar-refractivity contribution in [2.75, 3.05) is 20.6 Å². The van der Waals surface area contributed by atoms with Crippen LogP contribution in [0.2, 0.25) is 0 Å². The van der Waals surface area contributed by atoms with Crippen LogP contribution in [0.25, 0.3) is 11.0 Å². The maximum absolute atomic E-state index is 12.7. The van der Waals surface area contributed by atoms with Crippen LogP contribution in [0.1, 0.15) is 24.7 Å². The lowest BCUT2D eigenvalue weighted by Gasteiger charge is -2.21. The highest BCUT2D eigenvalue weighted by Gasteiger charge is 2.20. The van der Waals surface area contributed by atoms with E-state index in [0.717, 1.165) is 16.9 Å². The molecule has 8 heteroatoms. The largest absolute Gasteiger partial charge is 0.339 e. The van der Waals surface area contributed by atoms with Crippen LogP contribution in [0.3, 0.4) is 0 Å². The molecule has 2 aromatic carbocycles. The molecule has 7 nitrogen and oxygen atoms in total. The quantitative estimate of drug-likeness (QED) is 0.553. The summed E-state index contributed by atoms with van der Waals surface area (Å²) in [6, 6.07) is 14.9. The van der Waals surface area contributed by atoms with E-state index in [4.69, 9.17) is 0 Å². The fourth-order valence-electron chi connectivity index (χ4n) is 3.38. The summed E-state index contributed by atoms with van der Waals surface area (Å²) in [4.78, 5) is 19.4. The molecule has 0 saturated heterocycles. The molecule has 0 bridgehead atoms. The van der Waals surface area contributed by atoms with Gasteiger partial charge < -0.3 is 9.47 Å². The number of aromatic nitrogens is 2. The van der Waals surface area contributed by atoms with Gasteiger partial charge in [0.2, 0.25) is 15.9 Å². The van der Waals surface area contributed by atoms with Gasteiger partial charge in [-0.05, 0) is 30.7 Å². The normalized spacial score (nSPS) is 11.9. The van der Waals surface area contributed by atoms with Crippen molar-refractivity contribution >= 4 is 27.0 Å². The first-order valence-electron chi connectivity index (χ1n) is 9.93. The van der Waals surface area contributed by atoms with Crippen molar-refractivity contribution in [2.45, 2.75) is 31.2 Å². The summed E-state index contributed by atoms with van der Waals surface area (Å²) in [6.45, 7) is 3.20. The van der Waals surface area contributed by atoms with E-state index < -0.39 is 10.0 Å². The topological polar surface area (TPSA) is 75.5 Å². The van der Waals surface area contributed by atoms with Gasteiger partial charge in [0.1, 0.15) is 5.82 Å². The van der Waals surface area contributed by atoms with Crippen LogP contribution < -0.4 is 0 Å². The molecule has 0 aliphatic heterocycles. The number of rotatable bonds is 8. The Morgan fingerprint density at radius 2 is 1.80 bits per heavy atom. The van der Waals surface area contributed by atoms with Crippen molar-refractivity contribution < 1.29 is 13.2 Å². The second-order valence-electron chi connectivity index (χ2n) is 7.42. The van der Waals surface area contributed by atoms with Crippen LogP contribution in [0, 0.1) is 0 Å². The smallest absolute Gasteiger partial charge is 0.242 e. The zero-order valence-corrected chi connectivity index (χ0v) is 18.7. The third-order valence-electron chi connectivity index (χ3n) is 5.24. The molecule has 0 N–H and O–H groups in total. The molecule has 0 radical (unpaired) electrons. The average molecular weight is 429 g/mol. The molecule has 1 heterocycles. The highest BCUT2D eigenvalue weighted by atomic mass is 32.2. The summed E-state index contributed by atoms with van der Waals surface area (Å²) in [5.41, 5.74) is 2.55. The molecule has 0 atom stereocenters. The molecule has 0 aliphatic rings. The summed E-state index contributed by atoms with van der Waals surface area (Å²) >= 11 is 0. The molecule has 0 spiro atoms. The number of amides is 1. The van der Waals surface area contributed by atoms with Gasteiger partial charge in [-0.3, -0.25) is 4.79 Å². The minimum atomic E-state index is -3.52. The third kappa shape index (κ3) is 4.55. The number of nitrogens with zero attached hydrogens (tertiary/aromatic N) is 4. The number of carbonyl (C=O) groups is 1. The molecule has 0 aliphatic carbocycles. The van der Waals surface area contributed by atoms with Gasteiger partial charge in [-0.15, -0.1) is 0 Å². The summed E-state index contributed by atoms with van der Waals surface area (Å²) < 4.78 is 27.9. The molecule has 0 fully saturated rings. The van der Waals surface area contributed by atoms with Crippen LogP contribution in [-0.2, 0) is 34.8 Å². The first kappa shape index (κ1) is 22.0. The molecule has 0 saturated carbocycles. The SMILES string of the molecule is CCN(Cc1ccccc1)C(=O)CCc1nc2cc(S(=O)(=O)N(C)C)ccc2n1C. The van der Waals surface area contributed by atoms with E-state index in [-0.39, 0.29) is 10.8 Å². The molecule has 1 amide bonds. The average Bonchev–Trinajstić information content (AvgIpc) is 3.05. The lowest BCUT2D eigenvalue weighted by atomic mass is 10.2. The minimum Gasteiger partial charge on any atom is -0.339 e. The second kappa shape index (κ2) is 8.97. The van der Waals surface area contributed by atoms with Gasteiger partial charge in [-0.2, -0.15) is 0 Å². The standard InChI is InChI=1S/C22H28N4O3S/c1-5-26(16-17-9-7-6-8-10-17)22(27)14-13-21-23-19-15-18(30(28,29)24(2)3)11-12-20(19)25(21)4/h6-12,15H,5,13-14,16H2,1-4H3. The Kier molecular flexibility index (Phi) is 6.58. The van der Waals surface area contributed by atoms with E-state index in [2.05, 4.69) is 4.98 Å². The maximum Gasteiger partial charge on any atom is 0.242 e. The summed E-state index contributed by atoms with van der Waals surface area (Å²) in [7, 11) is 1.37. The Labute approximate surface area is 178 Å². The van der Waals surface area contributed by atoms with Gasteiger partial charge in [-0.25, -0.2) is 17.7 Å². The Morgan fingerprint density at radius 3 is 2.43 bits per heavy atom. The van der Waals surface area contributed by atoms with Crippen molar-refractivity contribution in [1.29, 1.82) is 0 Å². The summed E-state index contributed by atoms with van der Waals surface area (Å²) in [5.74, 6) is 0.831. The van der Waals surface area contributed by atoms with E-state index in [1.54, 1.807) is 18.2 Å². The van der Waals surface area contributed by atoms with E-state index in [1.165, 1.54) is 18.4 Å².